The summed E-state index contributed by atoms with van der Waals surface area (Å²) in [4.78, 5) is 18.5. The zero-order valence-electron chi connectivity index (χ0n) is 23.8. The number of rotatable bonds is 9. The average molecular weight is 594 g/mol. The molecule has 0 spiro atoms. The highest BCUT2D eigenvalue weighted by molar-refractivity contribution is 7.15. The second-order valence-electron chi connectivity index (χ2n) is 9.31. The van der Waals surface area contributed by atoms with E-state index in [0.717, 1.165) is 22.4 Å². The first kappa shape index (κ1) is 27.7. The van der Waals surface area contributed by atoms with Gasteiger partial charge in [0.2, 0.25) is 4.96 Å². The maximum absolute atomic E-state index is 13.4. The van der Waals surface area contributed by atoms with Crippen molar-refractivity contribution in [2.24, 2.45) is 0 Å². The van der Waals surface area contributed by atoms with Crippen LogP contribution in [-0.2, 0) is 0 Å². The normalized spacial score (nSPS) is 11.9. The molecular formula is C32H27N5O5S. The lowest BCUT2D eigenvalue weighted by Crippen LogP contribution is -2.23. The predicted molar refractivity (Wildman–Crippen MR) is 166 cm³/mol. The van der Waals surface area contributed by atoms with Crippen molar-refractivity contribution in [2.75, 3.05) is 28.4 Å². The van der Waals surface area contributed by atoms with E-state index in [-0.39, 0.29) is 5.56 Å². The standard InChI is InChI=1S/C32H27N5O5S/c1-39-24-13-10-20(16-26(24)41-3)11-15-29-33-32-37(34-29)31(38)28(43-32)18-22-19-36(23-8-6-5-7-9-23)35-30(22)21-12-14-25(40-2)27(17-21)42-4/h5-19H,1-4H3/b15-11+,28-18-. The summed E-state index contributed by atoms with van der Waals surface area (Å²) < 4.78 is 25.2. The Bertz CT molecular complexity index is 2060. The molecule has 0 saturated carbocycles. The number of benzene rings is 3. The van der Waals surface area contributed by atoms with E-state index >= 15 is 0 Å². The zero-order valence-corrected chi connectivity index (χ0v) is 24.7. The van der Waals surface area contributed by atoms with Crippen LogP contribution in [0.4, 0.5) is 0 Å². The lowest BCUT2D eigenvalue weighted by Gasteiger charge is -2.09. The molecule has 0 N–H and O–H groups in total. The van der Waals surface area contributed by atoms with Gasteiger partial charge in [-0.05, 0) is 60.2 Å². The monoisotopic (exact) mass is 593 g/mol. The molecular weight excluding hydrogens is 566 g/mol. The summed E-state index contributed by atoms with van der Waals surface area (Å²) in [6, 6.07) is 21.0. The molecule has 0 aliphatic carbocycles. The SMILES string of the molecule is COc1ccc(/C=C/c2nc3s/c(=C\c4cn(-c5ccccc5)nc4-c4ccc(OC)c(OC)c4)c(=O)n3n2)cc1OC. The largest absolute Gasteiger partial charge is 0.493 e. The van der Waals surface area contributed by atoms with Crippen molar-refractivity contribution >= 4 is 34.5 Å². The molecule has 0 amide bonds. The van der Waals surface area contributed by atoms with Crippen LogP contribution in [-0.4, -0.2) is 52.8 Å². The summed E-state index contributed by atoms with van der Waals surface area (Å²) in [5.41, 5.74) is 3.76. The fourth-order valence-electron chi connectivity index (χ4n) is 4.60. The van der Waals surface area contributed by atoms with E-state index in [2.05, 4.69) is 10.1 Å². The van der Waals surface area contributed by atoms with E-state index < -0.39 is 0 Å². The minimum Gasteiger partial charge on any atom is -0.493 e. The van der Waals surface area contributed by atoms with Crippen molar-refractivity contribution in [3.63, 3.8) is 0 Å². The molecule has 0 bridgehead atoms. The van der Waals surface area contributed by atoms with Gasteiger partial charge in [0.25, 0.3) is 5.56 Å². The average Bonchev–Trinajstić information content (AvgIpc) is 3.74. The Morgan fingerprint density at radius 1 is 0.767 bits per heavy atom. The van der Waals surface area contributed by atoms with Crippen molar-refractivity contribution in [2.45, 2.75) is 0 Å². The highest BCUT2D eigenvalue weighted by Gasteiger charge is 2.16. The highest BCUT2D eigenvalue weighted by Crippen LogP contribution is 2.34. The molecule has 43 heavy (non-hydrogen) atoms. The van der Waals surface area contributed by atoms with E-state index in [4.69, 9.17) is 24.0 Å². The van der Waals surface area contributed by atoms with E-state index in [1.165, 1.54) is 15.9 Å². The van der Waals surface area contributed by atoms with Crippen molar-refractivity contribution in [1.82, 2.24) is 24.4 Å². The third kappa shape index (κ3) is 5.45. The first-order chi connectivity index (χ1) is 21.0. The first-order valence-electron chi connectivity index (χ1n) is 13.2. The van der Waals surface area contributed by atoms with Crippen LogP contribution < -0.4 is 29.0 Å². The van der Waals surface area contributed by atoms with Crippen molar-refractivity contribution in [3.05, 3.63) is 105 Å². The summed E-state index contributed by atoms with van der Waals surface area (Å²) in [7, 11) is 6.36. The third-order valence-corrected chi connectivity index (χ3v) is 7.70. The molecule has 0 fully saturated rings. The molecule has 11 heteroatoms. The molecule has 0 aliphatic rings. The molecule has 3 aromatic heterocycles. The molecule has 6 rings (SSSR count). The van der Waals surface area contributed by atoms with Gasteiger partial charge in [-0.3, -0.25) is 4.79 Å². The Balaban J connectivity index is 1.39. The molecule has 6 aromatic rings. The molecule has 0 unspecified atom stereocenters. The quantitative estimate of drug-likeness (QED) is 0.237. The van der Waals surface area contributed by atoms with Crippen LogP contribution in [0.2, 0.25) is 0 Å². The van der Waals surface area contributed by atoms with E-state index in [0.29, 0.717) is 44.0 Å². The Hall–Kier alpha value is -5.42. The Labute approximate surface area is 250 Å². The minimum atomic E-state index is -0.260. The molecule has 0 atom stereocenters. The first-order valence-corrected chi connectivity index (χ1v) is 14.0. The molecule has 216 valence electrons. The molecule has 10 nitrogen and oxygen atoms in total. The van der Waals surface area contributed by atoms with Gasteiger partial charge in [-0.2, -0.15) is 14.6 Å². The second-order valence-corrected chi connectivity index (χ2v) is 10.3. The Morgan fingerprint density at radius 2 is 1.47 bits per heavy atom. The molecule has 3 heterocycles. The molecule has 0 saturated heterocycles. The van der Waals surface area contributed by atoms with Crippen molar-refractivity contribution < 1.29 is 18.9 Å². The number of methoxy groups -OCH3 is 4. The maximum atomic E-state index is 13.4. The van der Waals surface area contributed by atoms with Crippen molar-refractivity contribution in [1.29, 1.82) is 0 Å². The highest BCUT2D eigenvalue weighted by atomic mass is 32.1. The van der Waals surface area contributed by atoms with Crippen LogP contribution in [0.5, 0.6) is 23.0 Å². The van der Waals surface area contributed by atoms with Crippen molar-refractivity contribution in [3.8, 4) is 39.9 Å². The van der Waals surface area contributed by atoms with Gasteiger partial charge < -0.3 is 18.9 Å². The summed E-state index contributed by atoms with van der Waals surface area (Å²) >= 11 is 1.26. The topological polar surface area (TPSA) is 102 Å². The third-order valence-electron chi connectivity index (χ3n) is 6.74. The van der Waals surface area contributed by atoms with E-state index in [1.54, 1.807) is 39.2 Å². The number of nitrogens with zero attached hydrogens (tertiary/aromatic N) is 5. The summed E-state index contributed by atoms with van der Waals surface area (Å²) in [6.45, 7) is 0. The number of fused-ring (bicyclic) bond motifs is 1. The minimum absolute atomic E-state index is 0.260. The van der Waals surface area contributed by atoms with Gasteiger partial charge in [0.05, 0.1) is 38.7 Å². The molecule has 0 aliphatic heterocycles. The van der Waals surface area contributed by atoms with Crippen LogP contribution in [0, 0.1) is 0 Å². The smallest absolute Gasteiger partial charge is 0.291 e. The fraction of sp³-hybridized carbons (Fsp3) is 0.125. The molecule has 0 radical (unpaired) electrons. The number of hydrogen-bond donors (Lipinski definition) is 0. The lowest BCUT2D eigenvalue weighted by molar-refractivity contribution is 0.355. The van der Waals surface area contributed by atoms with Crippen LogP contribution in [0.25, 0.3) is 40.1 Å². The Kier molecular flexibility index (Phi) is 7.63. The van der Waals surface area contributed by atoms with Crippen LogP contribution in [0.15, 0.2) is 77.7 Å². The second kappa shape index (κ2) is 11.8. The summed E-state index contributed by atoms with van der Waals surface area (Å²) in [6.07, 6.45) is 7.32. The van der Waals surface area contributed by atoms with Gasteiger partial charge in [-0.25, -0.2) is 4.68 Å². The predicted octanol–water partition coefficient (Wildman–Crippen LogP) is 4.76. The zero-order chi connectivity index (χ0) is 29.9. The van der Waals surface area contributed by atoms with Gasteiger partial charge in [0.1, 0.15) is 5.69 Å². The Morgan fingerprint density at radius 3 is 2.16 bits per heavy atom. The van der Waals surface area contributed by atoms with Crippen LogP contribution >= 0.6 is 11.3 Å². The van der Waals surface area contributed by atoms with Gasteiger partial charge in [-0.15, -0.1) is 5.10 Å². The number of para-hydroxylation sites is 1. The van der Waals surface area contributed by atoms with E-state index in [9.17, 15) is 4.79 Å². The van der Waals surface area contributed by atoms with Gasteiger partial charge in [0, 0.05) is 17.3 Å². The summed E-state index contributed by atoms with van der Waals surface area (Å²) in [5, 5.41) is 9.30. The van der Waals surface area contributed by atoms with Gasteiger partial charge in [0.15, 0.2) is 28.8 Å². The fourth-order valence-corrected chi connectivity index (χ4v) is 5.51. The van der Waals surface area contributed by atoms with Crippen LogP contribution in [0.1, 0.15) is 17.0 Å². The molecule has 3 aromatic carbocycles. The number of thiazole rings is 1. The number of ether oxygens (including phenoxy) is 4. The maximum Gasteiger partial charge on any atom is 0.291 e. The lowest BCUT2D eigenvalue weighted by atomic mass is 10.1. The van der Waals surface area contributed by atoms with Crippen LogP contribution in [0.3, 0.4) is 0 Å². The summed E-state index contributed by atoms with van der Waals surface area (Å²) in [5.74, 6) is 2.88. The number of hydrogen-bond acceptors (Lipinski definition) is 9. The number of aromatic nitrogens is 5. The van der Waals surface area contributed by atoms with Gasteiger partial charge >= 0.3 is 0 Å². The van der Waals surface area contributed by atoms with Gasteiger partial charge in [-0.1, -0.05) is 41.7 Å². The van der Waals surface area contributed by atoms with E-state index in [1.807, 2.05) is 85.1 Å².